The molecule has 0 amide bonds. The molecule has 0 aliphatic carbocycles. The molecule has 1 unspecified atom stereocenters. The summed E-state index contributed by atoms with van der Waals surface area (Å²) in [6.07, 6.45) is 3.47. The van der Waals surface area contributed by atoms with E-state index in [0.717, 1.165) is 11.1 Å². The molecule has 2 aromatic rings. The topological polar surface area (TPSA) is 30.0 Å². The van der Waals surface area contributed by atoms with Crippen LogP contribution in [-0.4, -0.2) is 10.8 Å². The molecule has 0 bridgehead atoms. The molecule has 2 rings (SSSR count). The van der Waals surface area contributed by atoms with Crippen LogP contribution >= 0.6 is 0 Å². The lowest BCUT2D eigenvalue weighted by molar-refractivity contribution is -0.122. The van der Waals surface area contributed by atoms with E-state index in [1.165, 1.54) is 0 Å². The molecule has 1 atom stereocenters. The number of nitrogens with zero attached hydrogens (tertiary/aromatic N) is 1. The summed E-state index contributed by atoms with van der Waals surface area (Å²) < 4.78 is 0. The molecule has 0 saturated carbocycles. The van der Waals surface area contributed by atoms with Gasteiger partial charge >= 0.3 is 0 Å². The minimum Gasteiger partial charge on any atom is -0.298 e. The Morgan fingerprint density at radius 3 is 2.06 bits per heavy atom. The first-order valence-corrected chi connectivity index (χ1v) is 6.18. The van der Waals surface area contributed by atoms with E-state index in [0.29, 0.717) is 0 Å². The van der Waals surface area contributed by atoms with E-state index in [9.17, 15) is 4.79 Å². The van der Waals surface area contributed by atoms with Gasteiger partial charge in [-0.15, -0.1) is 0 Å². The van der Waals surface area contributed by atoms with Crippen molar-refractivity contribution in [3.05, 3.63) is 66.0 Å². The Morgan fingerprint density at radius 1 is 0.944 bits per heavy atom. The summed E-state index contributed by atoms with van der Waals surface area (Å²) >= 11 is 0. The van der Waals surface area contributed by atoms with E-state index in [1.807, 2.05) is 56.3 Å². The van der Waals surface area contributed by atoms with E-state index in [2.05, 4.69) is 4.98 Å². The molecule has 0 spiro atoms. The van der Waals surface area contributed by atoms with Crippen LogP contribution in [0.15, 0.2) is 54.9 Å². The van der Waals surface area contributed by atoms with Gasteiger partial charge in [-0.05, 0) is 23.3 Å². The second-order valence-electron chi connectivity index (χ2n) is 4.68. The molecule has 2 heteroatoms. The summed E-state index contributed by atoms with van der Waals surface area (Å²) in [5.41, 5.74) is 2.05. The van der Waals surface area contributed by atoms with Crippen molar-refractivity contribution in [3.63, 3.8) is 0 Å². The van der Waals surface area contributed by atoms with Crippen LogP contribution in [0.5, 0.6) is 0 Å². The van der Waals surface area contributed by atoms with E-state index in [4.69, 9.17) is 0 Å². The molecule has 92 valence electrons. The second-order valence-corrected chi connectivity index (χ2v) is 4.68. The lowest BCUT2D eigenvalue weighted by Gasteiger charge is -2.18. The quantitative estimate of drug-likeness (QED) is 0.818. The van der Waals surface area contributed by atoms with Gasteiger partial charge in [0, 0.05) is 18.3 Å². The van der Waals surface area contributed by atoms with Gasteiger partial charge in [-0.2, -0.15) is 0 Å². The predicted molar refractivity (Wildman–Crippen MR) is 72.4 cm³/mol. The highest BCUT2D eigenvalue weighted by atomic mass is 16.1. The van der Waals surface area contributed by atoms with Gasteiger partial charge in [0.05, 0.1) is 5.92 Å². The fourth-order valence-corrected chi connectivity index (χ4v) is 2.06. The highest BCUT2D eigenvalue weighted by molar-refractivity contribution is 5.90. The standard InChI is InChI=1S/C16H17NO/c1-12(2)16(18)15(13-6-4-3-5-7-13)14-8-10-17-11-9-14/h3-12,15H,1-2H3. The third kappa shape index (κ3) is 2.65. The van der Waals surface area contributed by atoms with Crippen molar-refractivity contribution in [3.8, 4) is 0 Å². The number of benzene rings is 1. The molecular formula is C16H17NO. The van der Waals surface area contributed by atoms with Crippen LogP contribution in [0.4, 0.5) is 0 Å². The Balaban J connectivity index is 2.45. The van der Waals surface area contributed by atoms with Gasteiger partial charge in [-0.1, -0.05) is 44.2 Å². The van der Waals surface area contributed by atoms with E-state index < -0.39 is 0 Å². The van der Waals surface area contributed by atoms with Crippen molar-refractivity contribution in [1.29, 1.82) is 0 Å². The first-order valence-electron chi connectivity index (χ1n) is 6.18. The Hall–Kier alpha value is -1.96. The maximum atomic E-state index is 12.4. The number of aromatic nitrogens is 1. The Morgan fingerprint density at radius 2 is 1.50 bits per heavy atom. The Bertz CT molecular complexity index is 466. The summed E-state index contributed by atoms with van der Waals surface area (Å²) in [7, 11) is 0. The number of carbonyl (C=O) groups excluding carboxylic acids is 1. The molecule has 1 aromatic carbocycles. The third-order valence-electron chi connectivity index (χ3n) is 3.03. The number of Topliss-reactive ketones (excluding diaryl/α,β-unsaturated/α-hetero) is 1. The zero-order chi connectivity index (χ0) is 13.0. The van der Waals surface area contributed by atoms with Crippen LogP contribution in [0, 0.1) is 5.92 Å². The molecule has 0 N–H and O–H groups in total. The van der Waals surface area contributed by atoms with Crippen LogP contribution < -0.4 is 0 Å². The van der Waals surface area contributed by atoms with Crippen molar-refractivity contribution < 1.29 is 4.79 Å². The van der Waals surface area contributed by atoms with Crippen LogP contribution in [0.25, 0.3) is 0 Å². The lowest BCUT2D eigenvalue weighted by Crippen LogP contribution is -2.19. The third-order valence-corrected chi connectivity index (χ3v) is 3.03. The van der Waals surface area contributed by atoms with E-state index >= 15 is 0 Å². The average molecular weight is 239 g/mol. The molecule has 0 aliphatic heterocycles. The number of rotatable bonds is 4. The lowest BCUT2D eigenvalue weighted by atomic mass is 9.84. The maximum absolute atomic E-state index is 12.4. The summed E-state index contributed by atoms with van der Waals surface area (Å²) in [6, 6.07) is 13.7. The zero-order valence-corrected chi connectivity index (χ0v) is 10.7. The van der Waals surface area contributed by atoms with Crippen LogP contribution in [0.3, 0.4) is 0 Å². The monoisotopic (exact) mass is 239 g/mol. The maximum Gasteiger partial charge on any atom is 0.147 e. The SMILES string of the molecule is CC(C)C(=O)C(c1ccccc1)c1ccncc1. The molecule has 0 radical (unpaired) electrons. The number of hydrogen-bond acceptors (Lipinski definition) is 2. The smallest absolute Gasteiger partial charge is 0.147 e. The molecular weight excluding hydrogens is 222 g/mol. The summed E-state index contributed by atoms with van der Waals surface area (Å²) in [4.78, 5) is 16.4. The van der Waals surface area contributed by atoms with Gasteiger partial charge in [0.2, 0.25) is 0 Å². The van der Waals surface area contributed by atoms with Crippen molar-refractivity contribution in [2.24, 2.45) is 5.92 Å². The number of hydrogen-bond donors (Lipinski definition) is 0. The zero-order valence-electron chi connectivity index (χ0n) is 10.7. The van der Waals surface area contributed by atoms with Crippen molar-refractivity contribution in [1.82, 2.24) is 4.98 Å². The van der Waals surface area contributed by atoms with E-state index in [1.54, 1.807) is 12.4 Å². The second kappa shape index (κ2) is 5.58. The fraction of sp³-hybridized carbons (Fsp3) is 0.250. The van der Waals surface area contributed by atoms with Crippen LogP contribution in [0.2, 0.25) is 0 Å². The molecule has 0 saturated heterocycles. The average Bonchev–Trinajstić information content (AvgIpc) is 2.41. The van der Waals surface area contributed by atoms with Gasteiger partial charge in [-0.25, -0.2) is 0 Å². The van der Waals surface area contributed by atoms with Crippen molar-refractivity contribution in [2.45, 2.75) is 19.8 Å². The summed E-state index contributed by atoms with van der Waals surface area (Å²) in [5, 5.41) is 0. The Labute approximate surface area is 108 Å². The van der Waals surface area contributed by atoms with Gasteiger partial charge in [0.1, 0.15) is 5.78 Å². The first kappa shape index (κ1) is 12.5. The Kier molecular flexibility index (Phi) is 3.88. The molecule has 1 aromatic heterocycles. The van der Waals surface area contributed by atoms with Gasteiger partial charge < -0.3 is 0 Å². The van der Waals surface area contributed by atoms with Gasteiger partial charge in [0.15, 0.2) is 0 Å². The minimum atomic E-state index is -0.186. The fourth-order valence-electron chi connectivity index (χ4n) is 2.06. The predicted octanol–water partition coefficient (Wildman–Crippen LogP) is 3.44. The highest BCUT2D eigenvalue weighted by Crippen LogP contribution is 2.27. The molecule has 2 nitrogen and oxygen atoms in total. The van der Waals surface area contributed by atoms with Gasteiger partial charge in [-0.3, -0.25) is 9.78 Å². The van der Waals surface area contributed by atoms with E-state index in [-0.39, 0.29) is 17.6 Å². The molecule has 18 heavy (non-hydrogen) atoms. The normalized spacial score (nSPS) is 12.4. The first-order chi connectivity index (χ1) is 8.70. The summed E-state index contributed by atoms with van der Waals surface area (Å²) in [5.74, 6) is 0.0740. The van der Waals surface area contributed by atoms with Crippen molar-refractivity contribution >= 4 is 5.78 Å². The number of ketones is 1. The van der Waals surface area contributed by atoms with Gasteiger partial charge in [0.25, 0.3) is 0 Å². The molecule has 0 aliphatic rings. The number of pyridine rings is 1. The summed E-state index contributed by atoms with van der Waals surface area (Å²) in [6.45, 7) is 3.89. The molecule has 0 fully saturated rings. The van der Waals surface area contributed by atoms with Crippen LogP contribution in [-0.2, 0) is 4.79 Å². The largest absolute Gasteiger partial charge is 0.298 e. The minimum absolute atomic E-state index is 0.0170. The molecule has 1 heterocycles. The highest BCUT2D eigenvalue weighted by Gasteiger charge is 2.24. The van der Waals surface area contributed by atoms with Crippen LogP contribution in [0.1, 0.15) is 30.9 Å². The number of carbonyl (C=O) groups is 1. The van der Waals surface area contributed by atoms with Crippen molar-refractivity contribution in [2.75, 3.05) is 0 Å².